The van der Waals surface area contributed by atoms with Crippen molar-refractivity contribution in [2.45, 2.75) is 24.7 Å². The number of hydrogen-bond acceptors (Lipinski definition) is 1. The molecule has 0 aliphatic heterocycles. The Hall–Kier alpha value is -6.24. The Morgan fingerprint density at radius 1 is 0.293 bits per heavy atom. The molecule has 0 heterocycles. The standard InChI is InChI=1S/C45H24F12O/c1-58-29-14-9-23(10-15-29)26-11-16-33-36(20-26)41(45(55,56)57)37-22-28(13-18-34(37)39(33)43(49,50)51)25-6-4-5-24(19-25)27-12-17-32-35(21-27)40(44(52,53)54)31-8-3-2-7-30(31)38(32)42(46,47)48/h2-22H,1H3. The van der Waals surface area contributed by atoms with Crippen molar-refractivity contribution in [1.82, 2.24) is 0 Å². The molecule has 0 aromatic heterocycles. The topological polar surface area (TPSA) is 9.23 Å². The molecule has 294 valence electrons. The van der Waals surface area contributed by atoms with Gasteiger partial charge >= 0.3 is 24.7 Å². The van der Waals surface area contributed by atoms with Crippen molar-refractivity contribution >= 4 is 43.1 Å². The maximum Gasteiger partial charge on any atom is 0.417 e. The zero-order valence-corrected chi connectivity index (χ0v) is 29.6. The van der Waals surface area contributed by atoms with Gasteiger partial charge in [0.2, 0.25) is 0 Å². The summed E-state index contributed by atoms with van der Waals surface area (Å²) in [7, 11) is 1.42. The summed E-state index contributed by atoms with van der Waals surface area (Å²) in [5.41, 5.74) is -3.99. The second-order valence-electron chi connectivity index (χ2n) is 13.6. The normalized spacial score (nSPS) is 12.9. The fourth-order valence-electron chi connectivity index (χ4n) is 7.83. The van der Waals surface area contributed by atoms with Crippen LogP contribution in [0.25, 0.3) is 76.5 Å². The highest BCUT2D eigenvalue weighted by molar-refractivity contribution is 6.10. The molecule has 8 rings (SSSR count). The Kier molecular flexibility index (Phi) is 8.94. The quantitative estimate of drug-likeness (QED) is 0.127. The highest BCUT2D eigenvalue weighted by atomic mass is 19.4. The molecule has 8 aromatic rings. The Labute approximate surface area is 320 Å². The molecule has 0 bridgehead atoms. The molecule has 1 nitrogen and oxygen atoms in total. The molecule has 0 atom stereocenters. The number of alkyl halides is 12. The first kappa shape index (κ1) is 38.6. The second kappa shape index (κ2) is 13.4. The van der Waals surface area contributed by atoms with E-state index in [0.29, 0.717) is 11.3 Å². The van der Waals surface area contributed by atoms with Crippen LogP contribution in [-0.4, -0.2) is 7.11 Å². The molecular formula is C45H24F12O. The van der Waals surface area contributed by atoms with Crippen LogP contribution in [0.2, 0.25) is 0 Å². The van der Waals surface area contributed by atoms with E-state index in [9.17, 15) is 39.5 Å². The van der Waals surface area contributed by atoms with Crippen LogP contribution in [0.15, 0.2) is 127 Å². The van der Waals surface area contributed by atoms with Crippen molar-refractivity contribution in [1.29, 1.82) is 0 Å². The van der Waals surface area contributed by atoms with Crippen molar-refractivity contribution in [2.24, 2.45) is 0 Å². The lowest BCUT2D eigenvalue weighted by molar-refractivity contribution is -0.137. The Morgan fingerprint density at radius 2 is 0.586 bits per heavy atom. The Morgan fingerprint density at radius 3 is 0.948 bits per heavy atom. The summed E-state index contributed by atoms with van der Waals surface area (Å²) < 4.78 is 182. The SMILES string of the molecule is COc1ccc(-c2ccc3c(C(F)(F)F)c4ccc(-c5cccc(-c6ccc7c(C(F)(F)F)c8ccccc8c(C(F)(F)F)c7c6)c5)cc4c(C(F)(F)F)c3c2)cc1. The van der Waals surface area contributed by atoms with Gasteiger partial charge in [0.1, 0.15) is 5.75 Å². The van der Waals surface area contributed by atoms with E-state index in [1.54, 1.807) is 24.3 Å². The largest absolute Gasteiger partial charge is 0.497 e. The number of halogens is 12. The highest BCUT2D eigenvalue weighted by Gasteiger charge is 2.43. The molecule has 0 unspecified atom stereocenters. The average Bonchev–Trinajstić information content (AvgIpc) is 3.16. The van der Waals surface area contributed by atoms with Gasteiger partial charge in [0, 0.05) is 0 Å². The number of rotatable bonds is 4. The second-order valence-corrected chi connectivity index (χ2v) is 13.6. The molecule has 0 saturated heterocycles. The minimum atomic E-state index is -5.14. The third-order valence-corrected chi connectivity index (χ3v) is 10.2. The van der Waals surface area contributed by atoms with Gasteiger partial charge in [-0.2, -0.15) is 52.7 Å². The van der Waals surface area contributed by atoms with Gasteiger partial charge in [-0.25, -0.2) is 0 Å². The number of ether oxygens (including phenoxy) is 1. The van der Waals surface area contributed by atoms with E-state index in [2.05, 4.69) is 0 Å². The number of fused-ring (bicyclic) bond motifs is 4. The predicted molar refractivity (Wildman–Crippen MR) is 199 cm³/mol. The zero-order chi connectivity index (χ0) is 41.5. The molecule has 0 radical (unpaired) electrons. The van der Waals surface area contributed by atoms with Gasteiger partial charge in [-0.3, -0.25) is 0 Å². The molecule has 0 aliphatic rings. The summed E-state index contributed by atoms with van der Waals surface area (Å²) in [6.45, 7) is 0. The smallest absolute Gasteiger partial charge is 0.417 e. The highest BCUT2D eigenvalue weighted by Crippen LogP contribution is 2.50. The fraction of sp³-hybridized carbons (Fsp3) is 0.111. The average molecular weight is 809 g/mol. The lowest BCUT2D eigenvalue weighted by Crippen LogP contribution is -2.13. The molecule has 0 spiro atoms. The van der Waals surface area contributed by atoms with Gasteiger partial charge in [0.15, 0.2) is 0 Å². The number of hydrogen-bond donors (Lipinski definition) is 0. The first-order valence-electron chi connectivity index (χ1n) is 17.3. The van der Waals surface area contributed by atoms with Crippen LogP contribution in [0.4, 0.5) is 52.7 Å². The van der Waals surface area contributed by atoms with E-state index in [4.69, 9.17) is 4.74 Å². The molecule has 0 fully saturated rings. The third kappa shape index (κ3) is 6.61. The summed E-state index contributed by atoms with van der Waals surface area (Å²) in [4.78, 5) is 0. The van der Waals surface area contributed by atoms with E-state index >= 15 is 13.2 Å². The van der Waals surface area contributed by atoms with Crippen LogP contribution in [0.5, 0.6) is 5.75 Å². The maximum absolute atomic E-state index is 15.1. The first-order chi connectivity index (χ1) is 27.3. The van der Waals surface area contributed by atoms with E-state index in [0.717, 1.165) is 48.5 Å². The Bertz CT molecular complexity index is 2920. The molecule has 0 aliphatic carbocycles. The summed E-state index contributed by atoms with van der Waals surface area (Å²) in [5, 5.41) is -5.47. The van der Waals surface area contributed by atoms with Crippen molar-refractivity contribution in [2.75, 3.05) is 7.11 Å². The van der Waals surface area contributed by atoms with E-state index in [-0.39, 0.29) is 27.8 Å². The lowest BCUT2D eigenvalue weighted by Gasteiger charge is -2.21. The summed E-state index contributed by atoms with van der Waals surface area (Å²) in [6, 6.07) is 25.9. The van der Waals surface area contributed by atoms with Crippen molar-refractivity contribution < 1.29 is 57.4 Å². The van der Waals surface area contributed by atoms with E-state index in [1.807, 2.05) is 0 Å². The molecule has 0 N–H and O–H groups in total. The minimum Gasteiger partial charge on any atom is -0.497 e. The van der Waals surface area contributed by atoms with Crippen LogP contribution in [0.3, 0.4) is 0 Å². The first-order valence-corrected chi connectivity index (χ1v) is 17.3. The molecule has 13 heteroatoms. The minimum absolute atomic E-state index is 0.0424. The molecule has 58 heavy (non-hydrogen) atoms. The van der Waals surface area contributed by atoms with Crippen LogP contribution in [0.1, 0.15) is 22.3 Å². The van der Waals surface area contributed by atoms with Crippen molar-refractivity contribution in [3.63, 3.8) is 0 Å². The van der Waals surface area contributed by atoms with Gasteiger partial charge in [0.05, 0.1) is 29.4 Å². The molecule has 0 amide bonds. The summed E-state index contributed by atoms with van der Waals surface area (Å²) in [5.74, 6) is 0.457. The maximum atomic E-state index is 15.1. The van der Waals surface area contributed by atoms with Gasteiger partial charge in [-0.1, -0.05) is 91.0 Å². The zero-order valence-electron chi connectivity index (χ0n) is 29.6. The van der Waals surface area contributed by atoms with E-state index < -0.39 is 90.0 Å². The van der Waals surface area contributed by atoms with Crippen molar-refractivity contribution in [3.8, 4) is 39.1 Å². The van der Waals surface area contributed by atoms with E-state index in [1.165, 1.54) is 61.7 Å². The van der Waals surface area contributed by atoms with Crippen LogP contribution >= 0.6 is 0 Å². The summed E-state index contributed by atoms with van der Waals surface area (Å²) in [6.07, 6.45) is -20.3. The van der Waals surface area contributed by atoms with Crippen molar-refractivity contribution in [3.05, 3.63) is 150 Å². The molecular weight excluding hydrogens is 784 g/mol. The predicted octanol–water partition coefficient (Wildman–Crippen LogP) is 15.4. The van der Waals surface area contributed by atoms with Crippen LogP contribution in [0, 0.1) is 0 Å². The Balaban J connectivity index is 1.34. The van der Waals surface area contributed by atoms with Gasteiger partial charge in [0.25, 0.3) is 0 Å². The van der Waals surface area contributed by atoms with Gasteiger partial charge < -0.3 is 4.74 Å². The number of methoxy groups -OCH3 is 1. The van der Waals surface area contributed by atoms with Crippen LogP contribution in [-0.2, 0) is 24.7 Å². The number of benzene rings is 8. The summed E-state index contributed by atoms with van der Waals surface area (Å²) >= 11 is 0. The van der Waals surface area contributed by atoms with Crippen LogP contribution < -0.4 is 4.74 Å². The van der Waals surface area contributed by atoms with Gasteiger partial charge in [-0.05, 0) is 113 Å². The third-order valence-electron chi connectivity index (χ3n) is 10.2. The molecule has 8 aromatic carbocycles. The monoisotopic (exact) mass is 808 g/mol. The lowest BCUT2D eigenvalue weighted by atomic mass is 9.87. The van der Waals surface area contributed by atoms with Gasteiger partial charge in [-0.15, -0.1) is 0 Å². The molecule has 0 saturated carbocycles. The fourth-order valence-corrected chi connectivity index (χ4v) is 7.83.